The van der Waals surface area contributed by atoms with Crippen molar-refractivity contribution in [3.8, 4) is 0 Å². The highest BCUT2D eigenvalue weighted by Gasteiger charge is 1.98. The van der Waals surface area contributed by atoms with E-state index in [9.17, 15) is 0 Å². The summed E-state index contributed by atoms with van der Waals surface area (Å²) in [7, 11) is 0. The van der Waals surface area contributed by atoms with Crippen LogP contribution in [0.4, 0.5) is 0 Å². The van der Waals surface area contributed by atoms with Crippen LogP contribution in [0.5, 0.6) is 0 Å². The average molecular weight is 275 g/mol. The minimum Gasteiger partial charge on any atom is -0.337 e. The lowest BCUT2D eigenvalue weighted by molar-refractivity contribution is 0.674. The van der Waals surface area contributed by atoms with Crippen LogP contribution in [0.3, 0.4) is 0 Å². The van der Waals surface area contributed by atoms with E-state index < -0.39 is 0 Å². The second-order valence-electron chi connectivity index (χ2n) is 4.47. The summed E-state index contributed by atoms with van der Waals surface area (Å²) >= 11 is 1.90. The monoisotopic (exact) mass is 275 g/mol. The first-order chi connectivity index (χ1) is 9.38. The molecule has 0 spiro atoms. The molecule has 0 saturated carbocycles. The van der Waals surface area contributed by atoms with Gasteiger partial charge in [0.15, 0.2) is 0 Å². The van der Waals surface area contributed by atoms with Crippen LogP contribution in [0.15, 0.2) is 47.9 Å². The molecule has 1 heterocycles. The fraction of sp³-hybridized carbons (Fsp3) is 0.400. The first-order valence-electron chi connectivity index (χ1n) is 6.76. The number of thioether (sulfide) groups is 1. The minimum atomic E-state index is 0.962. The summed E-state index contributed by atoms with van der Waals surface area (Å²) < 4.78 is 2.11. The van der Waals surface area contributed by atoms with E-state index in [-0.39, 0.29) is 0 Å². The molecule has 3 nitrogen and oxygen atoms in total. The van der Waals surface area contributed by atoms with Gasteiger partial charge in [-0.25, -0.2) is 4.98 Å². The molecule has 1 aromatic heterocycles. The molecule has 2 aromatic rings. The highest BCUT2D eigenvalue weighted by molar-refractivity contribution is 7.99. The maximum absolute atomic E-state index is 4.05. The zero-order valence-corrected chi connectivity index (χ0v) is 12.2. The van der Waals surface area contributed by atoms with E-state index in [1.165, 1.54) is 16.9 Å². The van der Waals surface area contributed by atoms with E-state index in [2.05, 4.69) is 46.1 Å². The number of rotatable bonds is 8. The SMILES string of the molecule is CCCNCc1cccc(SCCn2ccnc2)c1. The van der Waals surface area contributed by atoms with Crippen molar-refractivity contribution in [3.05, 3.63) is 48.5 Å². The maximum Gasteiger partial charge on any atom is 0.0946 e. The summed E-state index contributed by atoms with van der Waals surface area (Å²) in [5, 5.41) is 3.44. The number of imidazole rings is 1. The number of hydrogen-bond donors (Lipinski definition) is 1. The lowest BCUT2D eigenvalue weighted by Crippen LogP contribution is -2.13. The second kappa shape index (κ2) is 8.02. The third-order valence-electron chi connectivity index (χ3n) is 2.83. The molecular weight excluding hydrogens is 254 g/mol. The van der Waals surface area contributed by atoms with E-state index in [0.717, 1.165) is 25.4 Å². The van der Waals surface area contributed by atoms with E-state index in [0.29, 0.717) is 0 Å². The smallest absolute Gasteiger partial charge is 0.0946 e. The third-order valence-corrected chi connectivity index (χ3v) is 3.81. The van der Waals surface area contributed by atoms with Gasteiger partial charge in [0.25, 0.3) is 0 Å². The Hall–Kier alpha value is -1.26. The average Bonchev–Trinajstić information content (AvgIpc) is 2.93. The van der Waals surface area contributed by atoms with Gasteiger partial charge in [0.1, 0.15) is 0 Å². The largest absolute Gasteiger partial charge is 0.337 e. The fourth-order valence-electron chi connectivity index (χ4n) is 1.84. The molecule has 0 bridgehead atoms. The quantitative estimate of drug-likeness (QED) is 0.593. The van der Waals surface area contributed by atoms with Crippen molar-refractivity contribution in [2.24, 2.45) is 0 Å². The Balaban J connectivity index is 1.78. The van der Waals surface area contributed by atoms with Gasteiger partial charge < -0.3 is 9.88 Å². The van der Waals surface area contributed by atoms with Gasteiger partial charge in [0.2, 0.25) is 0 Å². The Morgan fingerprint density at radius 1 is 1.37 bits per heavy atom. The van der Waals surface area contributed by atoms with Gasteiger partial charge in [0, 0.05) is 36.1 Å². The van der Waals surface area contributed by atoms with Crippen LogP contribution in [-0.4, -0.2) is 21.8 Å². The first-order valence-corrected chi connectivity index (χ1v) is 7.75. The topological polar surface area (TPSA) is 29.9 Å². The second-order valence-corrected chi connectivity index (χ2v) is 5.64. The molecule has 4 heteroatoms. The van der Waals surface area contributed by atoms with Crippen molar-refractivity contribution in [3.63, 3.8) is 0 Å². The van der Waals surface area contributed by atoms with Gasteiger partial charge in [-0.2, -0.15) is 0 Å². The maximum atomic E-state index is 4.05. The molecule has 0 saturated heterocycles. The molecule has 0 aliphatic heterocycles. The highest BCUT2D eigenvalue weighted by atomic mass is 32.2. The van der Waals surface area contributed by atoms with Crippen LogP contribution >= 0.6 is 11.8 Å². The van der Waals surface area contributed by atoms with Gasteiger partial charge in [-0.15, -0.1) is 11.8 Å². The molecule has 0 radical (unpaired) electrons. The van der Waals surface area contributed by atoms with Crippen molar-refractivity contribution in [1.82, 2.24) is 14.9 Å². The van der Waals surface area contributed by atoms with E-state index >= 15 is 0 Å². The number of benzene rings is 1. The van der Waals surface area contributed by atoms with Crippen molar-refractivity contribution < 1.29 is 0 Å². The molecule has 0 aliphatic rings. The molecule has 19 heavy (non-hydrogen) atoms. The molecule has 0 amide bonds. The van der Waals surface area contributed by atoms with E-state index in [1.54, 1.807) is 0 Å². The molecule has 1 N–H and O–H groups in total. The Bertz CT molecular complexity index is 468. The van der Waals surface area contributed by atoms with Crippen LogP contribution in [0.1, 0.15) is 18.9 Å². The van der Waals surface area contributed by atoms with Crippen LogP contribution in [0, 0.1) is 0 Å². The lowest BCUT2D eigenvalue weighted by atomic mass is 10.2. The molecule has 2 rings (SSSR count). The zero-order valence-electron chi connectivity index (χ0n) is 11.4. The number of nitrogens with zero attached hydrogens (tertiary/aromatic N) is 2. The van der Waals surface area contributed by atoms with Crippen LogP contribution in [-0.2, 0) is 13.1 Å². The number of hydrogen-bond acceptors (Lipinski definition) is 3. The summed E-state index contributed by atoms with van der Waals surface area (Å²) in [4.78, 5) is 5.39. The van der Waals surface area contributed by atoms with Crippen molar-refractivity contribution in [2.45, 2.75) is 31.3 Å². The van der Waals surface area contributed by atoms with Crippen molar-refractivity contribution in [1.29, 1.82) is 0 Å². The van der Waals surface area contributed by atoms with Gasteiger partial charge in [0.05, 0.1) is 6.33 Å². The summed E-state index contributed by atoms with van der Waals surface area (Å²) in [5.74, 6) is 1.07. The zero-order chi connectivity index (χ0) is 13.3. The number of aryl methyl sites for hydroxylation is 1. The van der Waals surface area contributed by atoms with E-state index in [4.69, 9.17) is 0 Å². The van der Waals surface area contributed by atoms with Crippen molar-refractivity contribution in [2.75, 3.05) is 12.3 Å². The normalized spacial score (nSPS) is 10.8. The van der Waals surface area contributed by atoms with Crippen molar-refractivity contribution >= 4 is 11.8 Å². The molecule has 0 atom stereocenters. The van der Waals surface area contributed by atoms with Gasteiger partial charge in [-0.1, -0.05) is 19.1 Å². The molecule has 0 unspecified atom stereocenters. The predicted molar refractivity (Wildman–Crippen MR) is 81.4 cm³/mol. The van der Waals surface area contributed by atoms with Gasteiger partial charge in [-0.3, -0.25) is 0 Å². The van der Waals surface area contributed by atoms with E-state index in [1.807, 2.05) is 30.5 Å². The molecule has 0 aliphatic carbocycles. The summed E-state index contributed by atoms with van der Waals surface area (Å²) in [5.41, 5.74) is 1.36. The number of aromatic nitrogens is 2. The minimum absolute atomic E-state index is 0.962. The van der Waals surface area contributed by atoms with Crippen LogP contribution < -0.4 is 5.32 Å². The Labute approximate surface area is 119 Å². The summed E-state index contributed by atoms with van der Waals surface area (Å²) in [6.45, 7) is 5.24. The molecule has 1 aromatic carbocycles. The Morgan fingerprint density at radius 3 is 3.11 bits per heavy atom. The number of nitrogens with one attached hydrogen (secondary N) is 1. The van der Waals surface area contributed by atoms with Crippen LogP contribution in [0.25, 0.3) is 0 Å². The summed E-state index contributed by atoms with van der Waals surface area (Å²) in [6.07, 6.45) is 6.88. The Morgan fingerprint density at radius 2 is 2.32 bits per heavy atom. The fourth-order valence-corrected chi connectivity index (χ4v) is 2.79. The molecular formula is C15H21N3S. The molecule has 102 valence electrons. The standard InChI is InChI=1S/C15H21N3S/c1-2-6-16-12-14-4-3-5-15(11-14)19-10-9-18-8-7-17-13-18/h3-5,7-8,11,13,16H,2,6,9-10,12H2,1H3. The Kier molecular flexibility index (Phi) is 5.98. The summed E-state index contributed by atoms with van der Waals surface area (Å²) in [6, 6.07) is 8.79. The predicted octanol–water partition coefficient (Wildman–Crippen LogP) is 3.18. The van der Waals surface area contributed by atoms with Gasteiger partial charge >= 0.3 is 0 Å². The first kappa shape index (κ1) is 14.2. The third kappa shape index (κ3) is 5.09. The molecule has 0 fully saturated rings. The highest BCUT2D eigenvalue weighted by Crippen LogP contribution is 2.19. The lowest BCUT2D eigenvalue weighted by Gasteiger charge is -2.06. The van der Waals surface area contributed by atoms with Crippen LogP contribution in [0.2, 0.25) is 0 Å². The van der Waals surface area contributed by atoms with Gasteiger partial charge in [-0.05, 0) is 30.7 Å².